The van der Waals surface area contributed by atoms with E-state index >= 15 is 0 Å². The summed E-state index contributed by atoms with van der Waals surface area (Å²) in [6, 6.07) is 11.2. The van der Waals surface area contributed by atoms with Crippen LogP contribution in [0, 0.1) is 0 Å². The van der Waals surface area contributed by atoms with Gasteiger partial charge in [-0.05, 0) is 24.6 Å². The minimum absolute atomic E-state index is 0.0727. The van der Waals surface area contributed by atoms with E-state index in [-0.39, 0.29) is 33.5 Å². The van der Waals surface area contributed by atoms with E-state index in [0.29, 0.717) is 5.56 Å². The number of ether oxygens (including phenoxy) is 1. The molecule has 122 valence electrons. The fourth-order valence-electron chi connectivity index (χ4n) is 2.19. The number of benzene rings is 2. The first-order valence-electron chi connectivity index (χ1n) is 6.88. The van der Waals surface area contributed by atoms with Gasteiger partial charge in [0.15, 0.2) is 9.84 Å². The van der Waals surface area contributed by atoms with Gasteiger partial charge in [0, 0.05) is 5.02 Å². The summed E-state index contributed by atoms with van der Waals surface area (Å²) in [5.74, 6) is -1.04. The predicted molar refractivity (Wildman–Crippen MR) is 89.2 cm³/mol. The highest BCUT2D eigenvalue weighted by Crippen LogP contribution is 2.30. The van der Waals surface area contributed by atoms with E-state index in [9.17, 15) is 13.2 Å². The van der Waals surface area contributed by atoms with Crippen molar-refractivity contribution in [2.75, 3.05) is 12.3 Å². The van der Waals surface area contributed by atoms with E-state index in [1.54, 1.807) is 37.3 Å². The minimum atomic E-state index is -3.84. The molecule has 0 saturated heterocycles. The SMILES string of the molecule is CCOC(=O)c1cc(Cl)cc(N)c1S(=O)(=O)Cc1ccccc1. The fourth-order valence-corrected chi connectivity index (χ4v) is 4.09. The fraction of sp³-hybridized carbons (Fsp3) is 0.188. The van der Waals surface area contributed by atoms with Crippen LogP contribution in [0.5, 0.6) is 0 Å². The molecule has 0 aliphatic rings. The maximum Gasteiger partial charge on any atom is 0.339 e. The second-order valence-electron chi connectivity index (χ2n) is 4.84. The van der Waals surface area contributed by atoms with Gasteiger partial charge in [0.25, 0.3) is 0 Å². The number of halogens is 1. The highest BCUT2D eigenvalue weighted by atomic mass is 35.5. The molecule has 0 amide bonds. The smallest absolute Gasteiger partial charge is 0.339 e. The lowest BCUT2D eigenvalue weighted by Crippen LogP contribution is -2.16. The summed E-state index contributed by atoms with van der Waals surface area (Å²) in [6.07, 6.45) is 0. The van der Waals surface area contributed by atoms with Gasteiger partial charge in [-0.3, -0.25) is 0 Å². The highest BCUT2D eigenvalue weighted by Gasteiger charge is 2.27. The summed E-state index contributed by atoms with van der Waals surface area (Å²) in [5, 5.41) is 0.171. The Hall–Kier alpha value is -2.05. The average molecular weight is 354 g/mol. The third kappa shape index (κ3) is 4.03. The van der Waals surface area contributed by atoms with E-state index in [1.807, 2.05) is 0 Å². The number of sulfone groups is 1. The first kappa shape index (κ1) is 17.3. The van der Waals surface area contributed by atoms with Gasteiger partial charge < -0.3 is 10.5 Å². The molecular formula is C16H16ClNO4S. The number of hydrogen-bond acceptors (Lipinski definition) is 5. The number of carbonyl (C=O) groups excluding carboxylic acids is 1. The van der Waals surface area contributed by atoms with Crippen molar-refractivity contribution in [3.8, 4) is 0 Å². The van der Waals surface area contributed by atoms with Crippen LogP contribution >= 0.6 is 11.6 Å². The first-order chi connectivity index (χ1) is 10.8. The molecule has 0 spiro atoms. The Kier molecular flexibility index (Phi) is 5.28. The molecule has 0 unspecified atom stereocenters. The van der Waals surface area contributed by atoms with Crippen LogP contribution in [0.25, 0.3) is 0 Å². The van der Waals surface area contributed by atoms with Crippen molar-refractivity contribution in [1.82, 2.24) is 0 Å². The predicted octanol–water partition coefficient (Wildman–Crippen LogP) is 3.07. The summed E-state index contributed by atoms with van der Waals surface area (Å²) < 4.78 is 30.4. The number of carbonyl (C=O) groups is 1. The summed E-state index contributed by atoms with van der Waals surface area (Å²) >= 11 is 5.89. The lowest BCUT2D eigenvalue weighted by molar-refractivity contribution is 0.0522. The van der Waals surface area contributed by atoms with Gasteiger partial charge in [0.05, 0.1) is 23.6 Å². The van der Waals surface area contributed by atoms with Crippen LogP contribution in [0.4, 0.5) is 5.69 Å². The lowest BCUT2D eigenvalue weighted by Gasteiger charge is -2.13. The van der Waals surface area contributed by atoms with E-state index in [0.717, 1.165) is 0 Å². The van der Waals surface area contributed by atoms with Crippen LogP contribution in [0.2, 0.25) is 5.02 Å². The van der Waals surface area contributed by atoms with Gasteiger partial charge in [0.2, 0.25) is 0 Å². The van der Waals surface area contributed by atoms with Crippen molar-refractivity contribution < 1.29 is 17.9 Å². The number of rotatable bonds is 5. The van der Waals surface area contributed by atoms with Crippen molar-refractivity contribution in [1.29, 1.82) is 0 Å². The number of esters is 1. The number of hydrogen-bond donors (Lipinski definition) is 1. The maximum absolute atomic E-state index is 12.7. The van der Waals surface area contributed by atoms with Crippen LogP contribution < -0.4 is 5.73 Å². The van der Waals surface area contributed by atoms with E-state index in [1.165, 1.54) is 12.1 Å². The molecule has 0 radical (unpaired) electrons. The van der Waals surface area contributed by atoms with Crippen LogP contribution in [-0.4, -0.2) is 21.0 Å². The Morgan fingerprint density at radius 2 is 1.87 bits per heavy atom. The molecule has 0 aliphatic heterocycles. The van der Waals surface area contributed by atoms with Gasteiger partial charge in [-0.25, -0.2) is 13.2 Å². The molecule has 0 atom stereocenters. The topological polar surface area (TPSA) is 86.5 Å². The molecule has 2 N–H and O–H groups in total. The summed E-state index contributed by atoms with van der Waals surface area (Å²) in [5.41, 5.74) is 6.20. The molecule has 0 fully saturated rings. The van der Waals surface area contributed by atoms with E-state index < -0.39 is 15.8 Å². The molecule has 2 aromatic rings. The molecule has 0 heterocycles. The summed E-state index contributed by atoms with van der Waals surface area (Å²) in [7, 11) is -3.84. The molecule has 5 nitrogen and oxygen atoms in total. The monoisotopic (exact) mass is 353 g/mol. The second kappa shape index (κ2) is 7.02. The molecule has 7 heteroatoms. The zero-order valence-electron chi connectivity index (χ0n) is 12.5. The molecule has 0 aromatic heterocycles. The van der Waals surface area contributed by atoms with Crippen LogP contribution in [0.3, 0.4) is 0 Å². The quantitative estimate of drug-likeness (QED) is 0.659. The number of anilines is 1. The lowest BCUT2D eigenvalue weighted by atomic mass is 10.2. The van der Waals surface area contributed by atoms with E-state index in [4.69, 9.17) is 22.1 Å². The van der Waals surface area contributed by atoms with Crippen LogP contribution in [0.15, 0.2) is 47.4 Å². The first-order valence-corrected chi connectivity index (χ1v) is 8.91. The maximum atomic E-state index is 12.7. The second-order valence-corrected chi connectivity index (χ2v) is 7.20. The van der Waals surface area contributed by atoms with Crippen molar-refractivity contribution in [2.24, 2.45) is 0 Å². The van der Waals surface area contributed by atoms with Gasteiger partial charge in [-0.1, -0.05) is 41.9 Å². The molecule has 0 aliphatic carbocycles. The summed E-state index contributed by atoms with van der Waals surface area (Å²) in [6.45, 7) is 1.74. The molecule has 0 bridgehead atoms. The molecule has 0 saturated carbocycles. The van der Waals surface area contributed by atoms with Gasteiger partial charge in [0.1, 0.15) is 4.90 Å². The highest BCUT2D eigenvalue weighted by molar-refractivity contribution is 7.90. The zero-order valence-corrected chi connectivity index (χ0v) is 14.0. The van der Waals surface area contributed by atoms with Crippen molar-refractivity contribution in [3.63, 3.8) is 0 Å². The Bertz CT molecular complexity index is 819. The van der Waals surface area contributed by atoms with Gasteiger partial charge in [-0.15, -0.1) is 0 Å². The molecular weight excluding hydrogens is 338 g/mol. The number of nitrogens with two attached hydrogens (primary N) is 1. The normalized spacial score (nSPS) is 11.2. The third-order valence-corrected chi connectivity index (χ3v) is 5.10. The Morgan fingerprint density at radius 3 is 2.48 bits per heavy atom. The minimum Gasteiger partial charge on any atom is -0.462 e. The average Bonchev–Trinajstić information content (AvgIpc) is 2.46. The number of nitrogen functional groups attached to an aromatic ring is 1. The van der Waals surface area contributed by atoms with E-state index in [2.05, 4.69) is 0 Å². The third-order valence-electron chi connectivity index (χ3n) is 3.09. The van der Waals surface area contributed by atoms with Crippen LogP contribution in [-0.2, 0) is 20.3 Å². The largest absolute Gasteiger partial charge is 0.462 e. The van der Waals surface area contributed by atoms with Gasteiger partial charge >= 0.3 is 5.97 Å². The van der Waals surface area contributed by atoms with Crippen molar-refractivity contribution >= 4 is 33.1 Å². The van der Waals surface area contributed by atoms with Crippen molar-refractivity contribution in [3.05, 3.63) is 58.6 Å². The van der Waals surface area contributed by atoms with Crippen molar-refractivity contribution in [2.45, 2.75) is 17.6 Å². The molecule has 2 rings (SSSR count). The van der Waals surface area contributed by atoms with Crippen LogP contribution in [0.1, 0.15) is 22.8 Å². The standard InChI is InChI=1S/C16H16ClNO4S/c1-2-22-16(19)13-8-12(17)9-14(18)15(13)23(20,21)10-11-6-4-3-5-7-11/h3-9H,2,10,18H2,1H3. The Morgan fingerprint density at radius 1 is 1.22 bits per heavy atom. The Labute approximate surface area is 139 Å². The molecule has 23 heavy (non-hydrogen) atoms. The van der Waals surface area contributed by atoms with Gasteiger partial charge in [-0.2, -0.15) is 0 Å². The zero-order chi connectivity index (χ0) is 17.0. The molecule has 2 aromatic carbocycles. The summed E-state index contributed by atoms with van der Waals surface area (Å²) in [4.78, 5) is 11.8. The Balaban J connectivity index is 2.55.